The van der Waals surface area contributed by atoms with Crippen molar-refractivity contribution in [2.45, 2.75) is 117 Å². The van der Waals surface area contributed by atoms with Crippen LogP contribution in [-0.2, 0) is 16.5 Å². The van der Waals surface area contributed by atoms with Gasteiger partial charge in [0.1, 0.15) is 0 Å². The molecule has 0 aromatic heterocycles. The summed E-state index contributed by atoms with van der Waals surface area (Å²) in [5, 5.41) is 0. The van der Waals surface area contributed by atoms with Crippen LogP contribution in [0.15, 0.2) is 0 Å². The lowest BCUT2D eigenvalue weighted by Gasteiger charge is -2.38. The lowest BCUT2D eigenvalue weighted by Crippen LogP contribution is -2.51. The van der Waals surface area contributed by atoms with E-state index in [0.717, 1.165) is 13.1 Å². The van der Waals surface area contributed by atoms with Gasteiger partial charge in [0, 0.05) is 0 Å². The Morgan fingerprint density at radius 3 is 1.00 bits per heavy atom. The molecule has 0 unspecified atom stereocenters. The second-order valence-electron chi connectivity index (χ2n) is 13.5. The van der Waals surface area contributed by atoms with Gasteiger partial charge in [-0.3, -0.25) is 0 Å². The van der Waals surface area contributed by atoms with E-state index >= 15 is 0 Å². The van der Waals surface area contributed by atoms with E-state index < -0.39 is 50.4 Å². The maximum Gasteiger partial charge on any atom is 0.311 e. The number of hydrogen-bond acceptors (Lipinski definition) is 5. The van der Waals surface area contributed by atoms with Crippen molar-refractivity contribution in [2.75, 3.05) is 20.1 Å². The zero-order valence-corrected chi connectivity index (χ0v) is 30.3. The standard InChI is InChI=1S/C21H57NO4Si6/c1-22(18-16-20-29(8,9)25-31(12,13)23-27(2,3)4)19-17-21-30(10,11)26-32(14,15)24-28(5,6)7/h16-21H2,1-15H3. The van der Waals surface area contributed by atoms with Crippen LogP contribution in [0.25, 0.3) is 0 Å². The van der Waals surface area contributed by atoms with Crippen molar-refractivity contribution < 1.29 is 16.5 Å². The zero-order valence-electron chi connectivity index (χ0n) is 24.3. The summed E-state index contributed by atoms with van der Waals surface area (Å²) >= 11 is 0. The molecule has 5 nitrogen and oxygen atoms in total. The van der Waals surface area contributed by atoms with Gasteiger partial charge in [0.15, 0.2) is 33.3 Å². The predicted octanol–water partition coefficient (Wildman–Crippen LogP) is 7.25. The largest absolute Gasteiger partial charge is 0.437 e. The van der Waals surface area contributed by atoms with E-state index in [2.05, 4.69) is 104 Å². The molecule has 0 aliphatic heterocycles. The molecule has 0 aromatic carbocycles. The van der Waals surface area contributed by atoms with Crippen LogP contribution >= 0.6 is 0 Å². The van der Waals surface area contributed by atoms with Crippen molar-refractivity contribution in [3.63, 3.8) is 0 Å². The number of rotatable bonds is 16. The summed E-state index contributed by atoms with van der Waals surface area (Å²) < 4.78 is 26.1. The summed E-state index contributed by atoms with van der Waals surface area (Å²) in [6.45, 7) is 34.1. The van der Waals surface area contributed by atoms with Gasteiger partial charge in [-0.1, -0.05) is 0 Å². The minimum absolute atomic E-state index is 1.14. The molecule has 0 saturated heterocycles. The zero-order chi connectivity index (χ0) is 25.6. The van der Waals surface area contributed by atoms with E-state index in [1.807, 2.05) is 0 Å². The van der Waals surface area contributed by atoms with Gasteiger partial charge < -0.3 is 21.4 Å². The van der Waals surface area contributed by atoms with Crippen LogP contribution in [0.1, 0.15) is 12.8 Å². The Morgan fingerprint density at radius 2 is 0.750 bits per heavy atom. The van der Waals surface area contributed by atoms with Crippen molar-refractivity contribution in [3.8, 4) is 0 Å². The lowest BCUT2D eigenvalue weighted by molar-refractivity contribution is 0.327. The molecule has 0 N–H and O–H groups in total. The first kappa shape index (κ1) is 33.1. The molecule has 0 aliphatic carbocycles. The summed E-state index contributed by atoms with van der Waals surface area (Å²) in [4.78, 5) is 2.48. The van der Waals surface area contributed by atoms with Crippen LogP contribution in [-0.4, -0.2) is 75.4 Å². The first-order valence-corrected chi connectivity index (χ1v) is 31.1. The Kier molecular flexibility index (Phi) is 12.8. The molecule has 11 heteroatoms. The molecule has 0 aromatic rings. The molecule has 0 aliphatic rings. The average molecular weight is 556 g/mol. The molecular formula is C21H57NO4Si6. The topological polar surface area (TPSA) is 40.2 Å². The molecule has 0 rings (SSSR count). The SMILES string of the molecule is CN(CCC[Si](C)(C)O[Si](C)(C)O[Si](C)(C)C)CCC[Si](C)(C)O[Si](C)(C)O[Si](C)(C)C. The van der Waals surface area contributed by atoms with Gasteiger partial charge >= 0.3 is 17.1 Å². The Balaban J connectivity index is 4.38. The van der Waals surface area contributed by atoms with Gasteiger partial charge in [-0.2, -0.15) is 0 Å². The Morgan fingerprint density at radius 1 is 0.469 bits per heavy atom. The second kappa shape index (κ2) is 12.4. The van der Waals surface area contributed by atoms with E-state index in [0.29, 0.717) is 0 Å². The molecule has 0 spiro atoms. The van der Waals surface area contributed by atoms with E-state index in [-0.39, 0.29) is 0 Å². The van der Waals surface area contributed by atoms with Crippen LogP contribution < -0.4 is 0 Å². The van der Waals surface area contributed by atoms with Crippen LogP contribution in [0.2, 0.25) is 104 Å². The average Bonchev–Trinajstić information content (AvgIpc) is 2.37. The molecule has 0 radical (unpaired) electrons. The smallest absolute Gasteiger partial charge is 0.311 e. The van der Waals surface area contributed by atoms with Gasteiger partial charge in [-0.25, -0.2) is 0 Å². The lowest BCUT2D eigenvalue weighted by atomic mass is 10.4. The van der Waals surface area contributed by atoms with E-state index in [9.17, 15) is 0 Å². The van der Waals surface area contributed by atoms with Crippen molar-refractivity contribution in [3.05, 3.63) is 0 Å². The minimum Gasteiger partial charge on any atom is -0.437 e. The summed E-state index contributed by atoms with van der Waals surface area (Å²) in [5.41, 5.74) is 0. The third-order valence-electron chi connectivity index (χ3n) is 4.79. The Labute approximate surface area is 208 Å². The first-order valence-electron chi connectivity index (χ1n) is 12.4. The highest BCUT2D eigenvalue weighted by Gasteiger charge is 2.38. The molecule has 0 fully saturated rings. The summed E-state index contributed by atoms with van der Waals surface area (Å²) in [6.07, 6.45) is 2.41. The van der Waals surface area contributed by atoms with Crippen LogP contribution in [0, 0.1) is 0 Å². The summed E-state index contributed by atoms with van der Waals surface area (Å²) in [6, 6.07) is 2.39. The molecule has 32 heavy (non-hydrogen) atoms. The van der Waals surface area contributed by atoms with Crippen molar-refractivity contribution in [1.82, 2.24) is 4.90 Å². The van der Waals surface area contributed by atoms with Crippen molar-refractivity contribution >= 4 is 50.4 Å². The molecular weight excluding hydrogens is 499 g/mol. The maximum atomic E-state index is 6.65. The highest BCUT2D eigenvalue weighted by Crippen LogP contribution is 2.25. The van der Waals surface area contributed by atoms with Crippen molar-refractivity contribution in [2.24, 2.45) is 0 Å². The molecule has 0 bridgehead atoms. The van der Waals surface area contributed by atoms with Gasteiger partial charge in [-0.05, 0) is 137 Å². The van der Waals surface area contributed by atoms with E-state index in [4.69, 9.17) is 16.5 Å². The van der Waals surface area contributed by atoms with E-state index in [1.54, 1.807) is 0 Å². The highest BCUT2D eigenvalue weighted by atomic mass is 28.5. The highest BCUT2D eigenvalue weighted by molar-refractivity contribution is 6.88. The molecule has 0 heterocycles. The summed E-state index contributed by atoms with van der Waals surface area (Å²) in [7, 11) is -8.33. The second-order valence-corrected chi connectivity index (χ2v) is 38.8. The molecule has 0 atom stereocenters. The molecule has 194 valence electrons. The van der Waals surface area contributed by atoms with Crippen LogP contribution in [0.4, 0.5) is 0 Å². The number of hydrogen-bond donors (Lipinski definition) is 0. The quantitative estimate of drug-likeness (QED) is 0.188. The molecule has 0 saturated carbocycles. The Bertz CT molecular complexity index is 511. The normalized spacial score (nSPS) is 15.0. The predicted molar refractivity (Wildman–Crippen MR) is 157 cm³/mol. The van der Waals surface area contributed by atoms with Gasteiger partial charge in [-0.15, -0.1) is 0 Å². The Hall–Kier alpha value is 1.10. The van der Waals surface area contributed by atoms with E-state index in [1.165, 1.54) is 24.9 Å². The monoisotopic (exact) mass is 555 g/mol. The number of nitrogens with zero attached hydrogens (tertiary/aromatic N) is 1. The van der Waals surface area contributed by atoms with Crippen LogP contribution in [0.3, 0.4) is 0 Å². The van der Waals surface area contributed by atoms with Crippen molar-refractivity contribution in [1.29, 1.82) is 0 Å². The van der Waals surface area contributed by atoms with Gasteiger partial charge in [0.25, 0.3) is 0 Å². The maximum absolute atomic E-state index is 6.65. The fourth-order valence-electron chi connectivity index (χ4n) is 4.61. The first-order chi connectivity index (χ1) is 13.9. The molecule has 0 amide bonds. The minimum atomic E-state index is -2.03. The fourth-order valence-corrected chi connectivity index (χ4v) is 31.0. The summed E-state index contributed by atoms with van der Waals surface area (Å²) in [5.74, 6) is 0. The van der Waals surface area contributed by atoms with Crippen LogP contribution in [0.5, 0.6) is 0 Å². The fraction of sp³-hybridized carbons (Fsp3) is 1.00. The van der Waals surface area contributed by atoms with Gasteiger partial charge in [0.2, 0.25) is 0 Å². The third kappa shape index (κ3) is 18.4. The third-order valence-corrected chi connectivity index (χ3v) is 25.1. The van der Waals surface area contributed by atoms with Gasteiger partial charge in [0.05, 0.1) is 0 Å².